The molecule has 4 aliphatic rings. The molecule has 5 heteroatoms. The highest BCUT2D eigenvalue weighted by Crippen LogP contribution is 2.66. The van der Waals surface area contributed by atoms with Crippen molar-refractivity contribution in [1.82, 2.24) is 0 Å². The smallest absolute Gasteiger partial charge is 0.305 e. The number of esters is 2. The van der Waals surface area contributed by atoms with Crippen LogP contribution in [0.2, 0.25) is 0 Å². The molecular formula is C28H42O5. The van der Waals surface area contributed by atoms with Crippen LogP contribution in [-0.4, -0.2) is 31.3 Å². The van der Waals surface area contributed by atoms with E-state index in [0.717, 1.165) is 44.3 Å². The Hall–Kier alpha value is -1.78. The fourth-order valence-electron chi connectivity index (χ4n) is 7.79. The monoisotopic (exact) mass is 458 g/mol. The summed E-state index contributed by atoms with van der Waals surface area (Å²) < 4.78 is 17.8. The Morgan fingerprint density at radius 3 is 2.52 bits per heavy atom. The summed E-state index contributed by atoms with van der Waals surface area (Å²) in [6.07, 6.45) is 11.7. The number of hydrogen-bond acceptors (Lipinski definition) is 5. The zero-order valence-electron chi connectivity index (χ0n) is 21.2. The predicted molar refractivity (Wildman–Crippen MR) is 127 cm³/mol. The van der Waals surface area contributed by atoms with Crippen molar-refractivity contribution in [1.29, 1.82) is 0 Å². The maximum absolute atomic E-state index is 12.2. The summed E-state index contributed by atoms with van der Waals surface area (Å²) in [5, 5.41) is 0. The zero-order chi connectivity index (χ0) is 23.8. The predicted octanol–water partition coefficient (Wildman–Crippen LogP) is 5.98. The summed E-state index contributed by atoms with van der Waals surface area (Å²) in [6.45, 7) is 11.6. The number of allylic oxidation sites excluding steroid dienone is 3. The standard InChI is InChI=1S/C28H42O5/c1-6-25(29)32-17-28-18(4)15-20(31-8-3)16-19(28)9-10-21-22-11-12-24(33-26(30)7-2)27(22,5)14-13-23(21)28/h9,16,18,21-24H,6-8,10-15,17H2,1-5H3/t18-,21-,22-,23-,24-,27-,28-/m0/s1. The molecule has 4 aliphatic carbocycles. The zero-order valence-corrected chi connectivity index (χ0v) is 21.2. The summed E-state index contributed by atoms with van der Waals surface area (Å²) in [5.74, 6) is 2.73. The quantitative estimate of drug-likeness (QED) is 0.439. The Balaban J connectivity index is 1.68. The highest BCUT2D eigenvalue weighted by Gasteiger charge is 2.62. The summed E-state index contributed by atoms with van der Waals surface area (Å²) >= 11 is 0. The minimum absolute atomic E-state index is 0.0309. The Bertz CT molecular complexity index is 828. The van der Waals surface area contributed by atoms with E-state index < -0.39 is 0 Å². The number of ether oxygens (including phenoxy) is 3. The molecule has 4 rings (SSSR count). The number of hydrogen-bond donors (Lipinski definition) is 0. The third kappa shape index (κ3) is 4.04. The van der Waals surface area contributed by atoms with E-state index in [-0.39, 0.29) is 28.9 Å². The van der Waals surface area contributed by atoms with Crippen LogP contribution >= 0.6 is 0 Å². The molecule has 7 atom stereocenters. The summed E-state index contributed by atoms with van der Waals surface area (Å²) in [5.41, 5.74) is 1.20. The fourth-order valence-corrected chi connectivity index (χ4v) is 7.79. The van der Waals surface area contributed by atoms with E-state index in [1.807, 2.05) is 20.8 Å². The number of carbonyl (C=O) groups is 2. The number of fused-ring (bicyclic) bond motifs is 5. The van der Waals surface area contributed by atoms with Gasteiger partial charge in [0.25, 0.3) is 0 Å². The summed E-state index contributed by atoms with van der Waals surface area (Å²) in [6, 6.07) is 0. The average molecular weight is 459 g/mol. The van der Waals surface area contributed by atoms with E-state index >= 15 is 0 Å². The first kappa shape index (κ1) is 24.3. The lowest BCUT2D eigenvalue weighted by Gasteiger charge is -2.59. The molecule has 0 N–H and O–H groups in total. The van der Waals surface area contributed by atoms with Gasteiger partial charge >= 0.3 is 11.9 Å². The van der Waals surface area contributed by atoms with Crippen molar-refractivity contribution in [2.75, 3.05) is 13.2 Å². The van der Waals surface area contributed by atoms with E-state index in [2.05, 4.69) is 26.0 Å². The molecule has 0 spiro atoms. The number of rotatable bonds is 7. The normalized spacial score (nSPS) is 39.4. The van der Waals surface area contributed by atoms with Crippen LogP contribution < -0.4 is 0 Å². The molecule has 0 aromatic carbocycles. The third-order valence-corrected chi connectivity index (χ3v) is 9.52. The molecule has 0 aromatic rings. The van der Waals surface area contributed by atoms with Crippen LogP contribution in [-0.2, 0) is 23.8 Å². The van der Waals surface area contributed by atoms with Gasteiger partial charge in [-0.2, -0.15) is 0 Å². The first-order chi connectivity index (χ1) is 15.8. The van der Waals surface area contributed by atoms with Gasteiger partial charge in [0.1, 0.15) is 12.7 Å². The molecule has 0 unspecified atom stereocenters. The molecule has 0 bridgehead atoms. The molecule has 33 heavy (non-hydrogen) atoms. The van der Waals surface area contributed by atoms with Crippen molar-refractivity contribution in [3.8, 4) is 0 Å². The lowest BCUT2D eigenvalue weighted by atomic mass is 9.46. The van der Waals surface area contributed by atoms with E-state index in [1.165, 1.54) is 5.57 Å². The SMILES string of the molecule is CCOC1=CC2=CC[C@H]3[C@@H]4CC[C@H](OC(=O)CC)[C@@]4(C)CC[C@@H]3[C@@]2(COC(=O)CC)[C@@H](C)C1. The molecule has 0 aliphatic heterocycles. The second-order valence-corrected chi connectivity index (χ2v) is 10.9. The van der Waals surface area contributed by atoms with E-state index in [9.17, 15) is 9.59 Å². The minimum atomic E-state index is -0.159. The van der Waals surface area contributed by atoms with Gasteiger partial charge in [-0.15, -0.1) is 0 Å². The molecule has 0 aromatic heterocycles. The van der Waals surface area contributed by atoms with Crippen molar-refractivity contribution in [2.24, 2.45) is 34.5 Å². The molecule has 2 fully saturated rings. The van der Waals surface area contributed by atoms with Gasteiger partial charge in [-0.05, 0) is 74.3 Å². The van der Waals surface area contributed by atoms with Crippen molar-refractivity contribution in [3.63, 3.8) is 0 Å². The Morgan fingerprint density at radius 2 is 1.82 bits per heavy atom. The van der Waals surface area contributed by atoms with Crippen molar-refractivity contribution in [2.45, 2.75) is 92.1 Å². The van der Waals surface area contributed by atoms with Gasteiger partial charge in [-0.1, -0.05) is 33.8 Å². The molecule has 0 radical (unpaired) electrons. The van der Waals surface area contributed by atoms with Crippen molar-refractivity contribution < 1.29 is 23.8 Å². The minimum Gasteiger partial charge on any atom is -0.498 e. The van der Waals surface area contributed by atoms with Crippen LogP contribution in [0.1, 0.15) is 86.0 Å². The highest BCUT2D eigenvalue weighted by molar-refractivity contribution is 5.69. The van der Waals surface area contributed by atoms with Gasteiger partial charge in [0, 0.05) is 30.1 Å². The van der Waals surface area contributed by atoms with Gasteiger partial charge in [-0.3, -0.25) is 9.59 Å². The first-order valence-corrected chi connectivity index (χ1v) is 13.2. The van der Waals surface area contributed by atoms with Gasteiger partial charge in [0.05, 0.1) is 12.4 Å². The van der Waals surface area contributed by atoms with Crippen LogP contribution in [0.4, 0.5) is 0 Å². The van der Waals surface area contributed by atoms with Crippen LogP contribution in [0.3, 0.4) is 0 Å². The molecule has 0 heterocycles. The van der Waals surface area contributed by atoms with Crippen molar-refractivity contribution >= 4 is 11.9 Å². The van der Waals surface area contributed by atoms with Crippen LogP contribution in [0.25, 0.3) is 0 Å². The lowest BCUT2D eigenvalue weighted by Crippen LogP contribution is -2.55. The third-order valence-electron chi connectivity index (χ3n) is 9.52. The Kier molecular flexibility index (Phi) is 6.98. The lowest BCUT2D eigenvalue weighted by molar-refractivity contribution is -0.162. The van der Waals surface area contributed by atoms with Gasteiger partial charge in [0.2, 0.25) is 0 Å². The topological polar surface area (TPSA) is 61.8 Å². The van der Waals surface area contributed by atoms with Gasteiger partial charge < -0.3 is 14.2 Å². The van der Waals surface area contributed by atoms with Crippen molar-refractivity contribution in [3.05, 3.63) is 23.5 Å². The number of carbonyl (C=O) groups excluding carboxylic acids is 2. The second kappa shape index (κ2) is 9.46. The van der Waals surface area contributed by atoms with Gasteiger partial charge in [-0.25, -0.2) is 0 Å². The van der Waals surface area contributed by atoms with E-state index in [4.69, 9.17) is 14.2 Å². The Labute approximate surface area is 199 Å². The van der Waals surface area contributed by atoms with Crippen LogP contribution in [0.5, 0.6) is 0 Å². The molecule has 0 amide bonds. The molecule has 0 saturated heterocycles. The van der Waals surface area contributed by atoms with E-state index in [1.54, 1.807) is 0 Å². The molecule has 5 nitrogen and oxygen atoms in total. The molecular weight excluding hydrogens is 416 g/mol. The average Bonchev–Trinajstić information content (AvgIpc) is 3.13. The van der Waals surface area contributed by atoms with Crippen LogP contribution in [0.15, 0.2) is 23.5 Å². The Morgan fingerprint density at radius 1 is 1.06 bits per heavy atom. The fraction of sp³-hybridized carbons (Fsp3) is 0.786. The summed E-state index contributed by atoms with van der Waals surface area (Å²) in [4.78, 5) is 24.3. The van der Waals surface area contributed by atoms with E-state index in [0.29, 0.717) is 49.7 Å². The second-order valence-electron chi connectivity index (χ2n) is 10.9. The largest absolute Gasteiger partial charge is 0.498 e. The van der Waals surface area contributed by atoms with Gasteiger partial charge in [0.15, 0.2) is 0 Å². The molecule has 184 valence electrons. The molecule has 2 saturated carbocycles. The highest BCUT2D eigenvalue weighted by atomic mass is 16.5. The maximum atomic E-state index is 12.2. The van der Waals surface area contributed by atoms with Crippen LogP contribution in [0, 0.1) is 34.5 Å². The summed E-state index contributed by atoms with van der Waals surface area (Å²) in [7, 11) is 0. The maximum Gasteiger partial charge on any atom is 0.305 e. The first-order valence-electron chi connectivity index (χ1n) is 13.2.